The van der Waals surface area contributed by atoms with E-state index < -0.39 is 0 Å². The van der Waals surface area contributed by atoms with E-state index in [4.69, 9.17) is 4.74 Å². The average Bonchev–Trinajstić information content (AvgIpc) is 3.16. The lowest BCUT2D eigenvalue weighted by atomic mass is 10.0. The van der Waals surface area contributed by atoms with Crippen molar-refractivity contribution in [2.75, 3.05) is 11.1 Å². The number of amides is 1. The first kappa shape index (κ1) is 22.8. The van der Waals surface area contributed by atoms with Crippen LogP contribution in [0.4, 0.5) is 10.1 Å². The fraction of sp³-hybridized carbons (Fsp3) is 0.348. The SMILES string of the molecule is CCn1c(COc2ccc(C(C)C)cc2)nnc1SCC(=O)Nc1cccc(F)c1C. The highest BCUT2D eigenvalue weighted by Gasteiger charge is 2.15. The minimum Gasteiger partial charge on any atom is -0.486 e. The number of aromatic nitrogens is 3. The van der Waals surface area contributed by atoms with Gasteiger partial charge in [0.1, 0.15) is 18.2 Å². The van der Waals surface area contributed by atoms with Crippen LogP contribution in [0.25, 0.3) is 0 Å². The third-order valence-electron chi connectivity index (χ3n) is 4.90. The van der Waals surface area contributed by atoms with E-state index in [0.717, 1.165) is 5.75 Å². The van der Waals surface area contributed by atoms with Gasteiger partial charge in [-0.2, -0.15) is 0 Å². The molecule has 8 heteroatoms. The summed E-state index contributed by atoms with van der Waals surface area (Å²) in [4.78, 5) is 12.3. The average molecular weight is 443 g/mol. The Morgan fingerprint density at radius 1 is 1.19 bits per heavy atom. The van der Waals surface area contributed by atoms with Crippen molar-refractivity contribution in [3.05, 3.63) is 65.2 Å². The largest absolute Gasteiger partial charge is 0.486 e. The summed E-state index contributed by atoms with van der Waals surface area (Å²) >= 11 is 1.28. The van der Waals surface area contributed by atoms with E-state index in [1.54, 1.807) is 19.1 Å². The second-order valence-electron chi connectivity index (χ2n) is 7.40. The molecule has 0 atom stereocenters. The van der Waals surface area contributed by atoms with Crippen LogP contribution in [0.15, 0.2) is 47.6 Å². The van der Waals surface area contributed by atoms with Crippen LogP contribution in [0.1, 0.15) is 43.6 Å². The van der Waals surface area contributed by atoms with Gasteiger partial charge in [0.25, 0.3) is 0 Å². The predicted octanol–water partition coefficient (Wildman–Crippen LogP) is 5.18. The zero-order valence-electron chi connectivity index (χ0n) is 18.2. The highest BCUT2D eigenvalue weighted by Crippen LogP contribution is 2.22. The number of halogens is 1. The summed E-state index contributed by atoms with van der Waals surface area (Å²) in [5.74, 6) is 1.50. The summed E-state index contributed by atoms with van der Waals surface area (Å²) in [6.45, 7) is 8.87. The quantitative estimate of drug-likeness (QED) is 0.463. The van der Waals surface area contributed by atoms with E-state index in [-0.39, 0.29) is 24.1 Å². The van der Waals surface area contributed by atoms with Crippen LogP contribution in [0, 0.1) is 12.7 Å². The molecule has 1 N–H and O–H groups in total. The number of rotatable bonds is 9. The molecular formula is C23H27FN4O2S. The molecule has 1 amide bonds. The maximum Gasteiger partial charge on any atom is 0.234 e. The Hall–Kier alpha value is -2.87. The van der Waals surface area contributed by atoms with Gasteiger partial charge in [-0.25, -0.2) is 4.39 Å². The van der Waals surface area contributed by atoms with Gasteiger partial charge < -0.3 is 14.6 Å². The summed E-state index contributed by atoms with van der Waals surface area (Å²) in [6.07, 6.45) is 0. The third-order valence-corrected chi connectivity index (χ3v) is 5.87. The molecule has 164 valence electrons. The zero-order valence-corrected chi connectivity index (χ0v) is 19.0. The zero-order chi connectivity index (χ0) is 22.4. The van der Waals surface area contributed by atoms with Crippen molar-refractivity contribution in [3.63, 3.8) is 0 Å². The molecule has 1 aromatic heterocycles. The van der Waals surface area contributed by atoms with Gasteiger partial charge in [0, 0.05) is 17.8 Å². The Morgan fingerprint density at radius 3 is 2.61 bits per heavy atom. The molecule has 0 aliphatic rings. The number of nitrogens with one attached hydrogen (secondary N) is 1. The van der Waals surface area contributed by atoms with Crippen LogP contribution in [-0.2, 0) is 17.9 Å². The number of hydrogen-bond donors (Lipinski definition) is 1. The van der Waals surface area contributed by atoms with Crippen LogP contribution >= 0.6 is 11.8 Å². The van der Waals surface area contributed by atoms with Crippen LogP contribution in [0.3, 0.4) is 0 Å². The number of anilines is 1. The molecule has 1 heterocycles. The molecule has 0 aliphatic heterocycles. The minimum atomic E-state index is -0.348. The number of ether oxygens (including phenoxy) is 1. The van der Waals surface area contributed by atoms with Crippen molar-refractivity contribution in [2.24, 2.45) is 0 Å². The molecule has 0 radical (unpaired) electrons. The van der Waals surface area contributed by atoms with E-state index in [2.05, 4.69) is 41.5 Å². The summed E-state index contributed by atoms with van der Waals surface area (Å²) in [6, 6.07) is 12.6. The van der Waals surface area contributed by atoms with Crippen molar-refractivity contribution in [1.82, 2.24) is 14.8 Å². The molecular weight excluding hydrogens is 415 g/mol. The number of carbonyl (C=O) groups excluding carboxylic acids is 1. The van der Waals surface area contributed by atoms with Crippen molar-refractivity contribution < 1.29 is 13.9 Å². The molecule has 0 spiro atoms. The van der Waals surface area contributed by atoms with E-state index in [0.29, 0.717) is 34.7 Å². The lowest BCUT2D eigenvalue weighted by Crippen LogP contribution is -2.16. The summed E-state index contributed by atoms with van der Waals surface area (Å²) in [5, 5.41) is 11.8. The van der Waals surface area contributed by atoms with Gasteiger partial charge in [0.15, 0.2) is 11.0 Å². The van der Waals surface area contributed by atoms with Crippen LogP contribution in [-0.4, -0.2) is 26.4 Å². The first-order chi connectivity index (χ1) is 14.9. The number of hydrogen-bond acceptors (Lipinski definition) is 5. The number of benzene rings is 2. The molecule has 0 saturated heterocycles. The van der Waals surface area contributed by atoms with Gasteiger partial charge in [-0.05, 0) is 49.6 Å². The highest BCUT2D eigenvalue weighted by atomic mass is 32.2. The van der Waals surface area contributed by atoms with E-state index in [9.17, 15) is 9.18 Å². The predicted molar refractivity (Wildman–Crippen MR) is 121 cm³/mol. The Bertz CT molecular complexity index is 1030. The summed E-state index contributed by atoms with van der Waals surface area (Å²) in [7, 11) is 0. The first-order valence-corrected chi connectivity index (χ1v) is 11.2. The van der Waals surface area contributed by atoms with Gasteiger partial charge in [-0.15, -0.1) is 10.2 Å². The molecule has 0 fully saturated rings. The third kappa shape index (κ3) is 5.85. The van der Waals surface area contributed by atoms with Gasteiger partial charge in [0.05, 0.1) is 5.75 Å². The van der Waals surface area contributed by atoms with Gasteiger partial charge in [-0.3, -0.25) is 4.79 Å². The second kappa shape index (κ2) is 10.4. The molecule has 3 aromatic rings. The molecule has 0 unspecified atom stereocenters. The highest BCUT2D eigenvalue weighted by molar-refractivity contribution is 7.99. The van der Waals surface area contributed by atoms with Crippen LogP contribution < -0.4 is 10.1 Å². The minimum absolute atomic E-state index is 0.144. The van der Waals surface area contributed by atoms with Gasteiger partial charge in [-0.1, -0.05) is 43.8 Å². The molecule has 3 rings (SSSR count). The smallest absolute Gasteiger partial charge is 0.234 e. The van der Waals surface area contributed by atoms with E-state index in [1.807, 2.05) is 23.6 Å². The standard InChI is InChI=1S/C23H27FN4O2S/c1-5-28-21(13-30-18-11-9-17(10-12-18)15(2)3)26-27-23(28)31-14-22(29)25-20-8-6-7-19(24)16(20)4/h6-12,15H,5,13-14H2,1-4H3,(H,25,29). The lowest BCUT2D eigenvalue weighted by Gasteiger charge is -2.11. The van der Waals surface area contributed by atoms with Crippen LogP contribution in [0.5, 0.6) is 5.75 Å². The van der Waals surface area contributed by atoms with E-state index in [1.165, 1.54) is 23.4 Å². The monoisotopic (exact) mass is 442 g/mol. The normalized spacial score (nSPS) is 11.0. The van der Waals surface area contributed by atoms with Crippen molar-refractivity contribution >= 4 is 23.4 Å². The summed E-state index contributed by atoms with van der Waals surface area (Å²) < 4.78 is 21.4. The molecule has 2 aromatic carbocycles. The van der Waals surface area contributed by atoms with Crippen molar-refractivity contribution in [2.45, 2.75) is 51.9 Å². The Balaban J connectivity index is 1.58. The molecule has 6 nitrogen and oxygen atoms in total. The van der Waals surface area contributed by atoms with E-state index >= 15 is 0 Å². The fourth-order valence-corrected chi connectivity index (χ4v) is 3.83. The van der Waals surface area contributed by atoms with Crippen LogP contribution in [0.2, 0.25) is 0 Å². The second-order valence-corrected chi connectivity index (χ2v) is 8.35. The van der Waals surface area contributed by atoms with Crippen molar-refractivity contribution in [1.29, 1.82) is 0 Å². The lowest BCUT2D eigenvalue weighted by molar-refractivity contribution is -0.113. The van der Waals surface area contributed by atoms with Gasteiger partial charge in [0.2, 0.25) is 5.91 Å². The number of nitrogens with zero attached hydrogens (tertiary/aromatic N) is 3. The molecule has 0 bridgehead atoms. The summed E-state index contributed by atoms with van der Waals surface area (Å²) in [5.41, 5.74) is 2.15. The fourth-order valence-electron chi connectivity index (χ4n) is 3.01. The molecule has 0 aliphatic carbocycles. The first-order valence-electron chi connectivity index (χ1n) is 10.2. The molecule has 0 saturated carbocycles. The topological polar surface area (TPSA) is 69.0 Å². The Labute approximate surface area is 186 Å². The Kier molecular flexibility index (Phi) is 7.68. The maximum absolute atomic E-state index is 13.6. The number of carbonyl (C=O) groups is 1. The van der Waals surface area contributed by atoms with Crippen molar-refractivity contribution in [3.8, 4) is 5.75 Å². The maximum atomic E-state index is 13.6. The number of thioether (sulfide) groups is 1. The Morgan fingerprint density at radius 2 is 1.94 bits per heavy atom. The van der Waals surface area contributed by atoms with Gasteiger partial charge >= 0.3 is 0 Å². The molecule has 31 heavy (non-hydrogen) atoms.